The molecule has 0 aliphatic rings. The lowest BCUT2D eigenvalue weighted by molar-refractivity contribution is 0.373. The van der Waals surface area contributed by atoms with Gasteiger partial charge >= 0.3 is 0 Å². The molecule has 2 aromatic rings. The molecule has 0 aliphatic carbocycles. The molecule has 0 saturated heterocycles. The lowest BCUT2D eigenvalue weighted by atomic mass is 10.4. The average Bonchev–Trinajstić information content (AvgIpc) is 2.96. The molecule has 114 valence electrons. The Labute approximate surface area is 126 Å². The largest absolute Gasteiger partial charge is 0.481 e. The molecule has 8 nitrogen and oxygen atoms in total. The van der Waals surface area contributed by atoms with Crippen LogP contribution >= 0.6 is 11.3 Å². The summed E-state index contributed by atoms with van der Waals surface area (Å²) >= 11 is 1.07. The van der Waals surface area contributed by atoms with Gasteiger partial charge in [0.25, 0.3) is 10.0 Å². The van der Waals surface area contributed by atoms with Crippen molar-refractivity contribution in [2.45, 2.75) is 10.8 Å². The van der Waals surface area contributed by atoms with E-state index >= 15 is 0 Å². The number of rotatable bonds is 6. The normalized spacial score (nSPS) is 11.2. The monoisotopic (exact) mass is 330 g/mol. The zero-order chi connectivity index (χ0) is 15.5. The minimum Gasteiger partial charge on any atom is -0.481 e. The van der Waals surface area contributed by atoms with Crippen molar-refractivity contribution in [3.05, 3.63) is 23.1 Å². The Morgan fingerprint density at radius 2 is 1.86 bits per heavy atom. The van der Waals surface area contributed by atoms with Gasteiger partial charge in [0.1, 0.15) is 4.21 Å². The van der Waals surface area contributed by atoms with Gasteiger partial charge in [-0.05, 0) is 17.0 Å². The number of ether oxygens (including phenoxy) is 2. The maximum absolute atomic E-state index is 12.2. The summed E-state index contributed by atoms with van der Waals surface area (Å²) in [5.41, 5.74) is 6.21. The van der Waals surface area contributed by atoms with E-state index in [1.807, 2.05) is 0 Å². The first-order valence-corrected chi connectivity index (χ1v) is 8.12. The van der Waals surface area contributed by atoms with E-state index in [9.17, 15) is 8.42 Å². The maximum atomic E-state index is 12.2. The molecule has 2 heterocycles. The summed E-state index contributed by atoms with van der Waals surface area (Å²) in [7, 11) is -0.957. The van der Waals surface area contributed by atoms with E-state index < -0.39 is 10.0 Å². The van der Waals surface area contributed by atoms with Crippen LogP contribution in [-0.4, -0.2) is 32.6 Å². The van der Waals surface area contributed by atoms with E-state index in [1.54, 1.807) is 5.38 Å². The number of hydrogen-bond acceptors (Lipinski definition) is 8. The van der Waals surface area contributed by atoms with Crippen LogP contribution in [0, 0.1) is 0 Å². The van der Waals surface area contributed by atoms with Gasteiger partial charge in [0.2, 0.25) is 17.7 Å². The van der Waals surface area contributed by atoms with E-state index in [1.165, 1.54) is 26.4 Å². The summed E-state index contributed by atoms with van der Waals surface area (Å²) in [6, 6.07) is 2.94. The Bertz CT molecular complexity index is 707. The predicted molar refractivity (Wildman–Crippen MR) is 78.2 cm³/mol. The molecule has 10 heteroatoms. The van der Waals surface area contributed by atoms with Gasteiger partial charge in [-0.1, -0.05) is 0 Å². The van der Waals surface area contributed by atoms with Gasteiger partial charge in [-0.2, -0.15) is 9.97 Å². The highest BCUT2D eigenvalue weighted by Gasteiger charge is 2.19. The molecule has 0 fully saturated rings. The fourth-order valence-corrected chi connectivity index (χ4v) is 3.60. The second-order valence-corrected chi connectivity index (χ2v) is 6.68. The number of sulfonamides is 1. The minimum absolute atomic E-state index is 0.131. The van der Waals surface area contributed by atoms with Gasteiger partial charge in [0.05, 0.1) is 20.3 Å². The molecule has 0 atom stereocenters. The van der Waals surface area contributed by atoms with Crippen LogP contribution in [0.3, 0.4) is 0 Å². The fraction of sp³-hybridized carbons (Fsp3) is 0.273. The zero-order valence-corrected chi connectivity index (χ0v) is 13.0. The molecule has 2 aromatic heterocycles. The Balaban J connectivity index is 2.31. The second kappa shape index (κ2) is 6.24. The molecule has 0 bridgehead atoms. The van der Waals surface area contributed by atoms with Crippen molar-refractivity contribution < 1.29 is 17.9 Å². The molecule has 21 heavy (non-hydrogen) atoms. The van der Waals surface area contributed by atoms with E-state index in [-0.39, 0.29) is 28.5 Å². The number of nitrogens with zero attached hydrogens (tertiary/aromatic N) is 2. The van der Waals surface area contributed by atoms with Crippen LogP contribution in [0.5, 0.6) is 11.8 Å². The maximum Gasteiger partial charge on any atom is 0.273 e. The first-order valence-electron chi connectivity index (χ1n) is 5.76. The van der Waals surface area contributed by atoms with E-state index in [4.69, 9.17) is 15.2 Å². The van der Waals surface area contributed by atoms with Crippen LogP contribution in [0.2, 0.25) is 0 Å². The first kappa shape index (κ1) is 15.5. The van der Waals surface area contributed by atoms with Crippen LogP contribution < -0.4 is 19.9 Å². The third kappa shape index (κ3) is 3.60. The zero-order valence-electron chi connectivity index (χ0n) is 11.4. The van der Waals surface area contributed by atoms with Gasteiger partial charge in [0, 0.05) is 6.54 Å². The number of nitrogens with one attached hydrogen (secondary N) is 1. The third-order valence-corrected chi connectivity index (χ3v) is 5.27. The van der Waals surface area contributed by atoms with Crippen LogP contribution in [0.4, 0.5) is 5.95 Å². The summed E-state index contributed by atoms with van der Waals surface area (Å²) in [5.74, 6) is 0.246. The third-order valence-electron chi connectivity index (χ3n) is 2.45. The van der Waals surface area contributed by atoms with Crippen molar-refractivity contribution in [3.8, 4) is 11.8 Å². The molecular formula is C11H14N4O4S2. The van der Waals surface area contributed by atoms with Crippen molar-refractivity contribution in [2.75, 3.05) is 18.9 Å². The second-order valence-electron chi connectivity index (χ2n) is 3.86. The van der Waals surface area contributed by atoms with Gasteiger partial charge in [-0.3, -0.25) is 0 Å². The van der Waals surface area contributed by atoms with Crippen LogP contribution in [0.15, 0.2) is 21.7 Å². The Hall–Kier alpha value is -1.91. The van der Waals surface area contributed by atoms with Crippen LogP contribution in [0.25, 0.3) is 0 Å². The number of nitrogens with two attached hydrogens (primary N) is 1. The summed E-state index contributed by atoms with van der Waals surface area (Å²) in [6.07, 6.45) is 0. The molecule has 0 radical (unpaired) electrons. The summed E-state index contributed by atoms with van der Waals surface area (Å²) in [5, 5.41) is 1.68. The highest BCUT2D eigenvalue weighted by Crippen LogP contribution is 2.23. The fourth-order valence-electron chi connectivity index (χ4n) is 1.43. The SMILES string of the molecule is COc1cc(OC)nc(NS(=O)(=O)c2cc(CN)cs2)n1. The molecule has 3 N–H and O–H groups in total. The molecule has 0 unspecified atom stereocenters. The van der Waals surface area contributed by atoms with Crippen molar-refractivity contribution in [2.24, 2.45) is 5.73 Å². The van der Waals surface area contributed by atoms with E-state index in [0.29, 0.717) is 0 Å². The highest BCUT2D eigenvalue weighted by atomic mass is 32.2. The smallest absolute Gasteiger partial charge is 0.273 e. The van der Waals surface area contributed by atoms with Crippen molar-refractivity contribution in [1.82, 2.24) is 9.97 Å². The first-order chi connectivity index (χ1) is 9.98. The van der Waals surface area contributed by atoms with Gasteiger partial charge in [-0.25, -0.2) is 13.1 Å². The van der Waals surface area contributed by atoms with Gasteiger partial charge < -0.3 is 15.2 Å². The summed E-state index contributed by atoms with van der Waals surface area (Å²) in [6.45, 7) is 0.273. The van der Waals surface area contributed by atoms with Crippen LogP contribution in [-0.2, 0) is 16.6 Å². The molecule has 0 amide bonds. The Morgan fingerprint density at radius 3 is 2.33 bits per heavy atom. The quantitative estimate of drug-likeness (QED) is 0.805. The van der Waals surface area contributed by atoms with Crippen molar-refractivity contribution in [3.63, 3.8) is 0 Å². The van der Waals surface area contributed by atoms with Crippen LogP contribution in [0.1, 0.15) is 5.56 Å². The summed E-state index contributed by atoms with van der Waals surface area (Å²) < 4.78 is 36.8. The molecule has 0 saturated carbocycles. The standard InChI is InChI=1S/C11H14N4O4S2/c1-18-8-4-9(19-2)14-11(13-8)15-21(16,17)10-3-7(5-12)6-20-10/h3-4,6H,5,12H2,1-2H3,(H,13,14,15). The average molecular weight is 330 g/mol. The molecule has 2 rings (SSSR count). The molecule has 0 aliphatic heterocycles. The lowest BCUT2D eigenvalue weighted by Gasteiger charge is -2.08. The number of methoxy groups -OCH3 is 2. The minimum atomic E-state index is -3.78. The highest BCUT2D eigenvalue weighted by molar-refractivity contribution is 7.94. The van der Waals surface area contributed by atoms with Crippen molar-refractivity contribution in [1.29, 1.82) is 0 Å². The predicted octanol–water partition coefficient (Wildman–Crippen LogP) is 0.815. The topological polar surface area (TPSA) is 116 Å². The van der Waals surface area contributed by atoms with Gasteiger partial charge in [0.15, 0.2) is 0 Å². The molecular weight excluding hydrogens is 316 g/mol. The Kier molecular flexibility index (Phi) is 4.60. The number of thiophene rings is 1. The van der Waals surface area contributed by atoms with Crippen molar-refractivity contribution >= 4 is 27.3 Å². The van der Waals surface area contributed by atoms with E-state index in [2.05, 4.69) is 14.7 Å². The Morgan fingerprint density at radius 1 is 1.24 bits per heavy atom. The number of aromatic nitrogens is 2. The number of hydrogen-bond donors (Lipinski definition) is 2. The lowest BCUT2D eigenvalue weighted by Crippen LogP contribution is -2.14. The van der Waals surface area contributed by atoms with Gasteiger partial charge in [-0.15, -0.1) is 11.3 Å². The molecule has 0 aromatic carbocycles. The summed E-state index contributed by atoms with van der Waals surface area (Å²) in [4.78, 5) is 7.83. The molecule has 0 spiro atoms. The number of anilines is 1. The van der Waals surface area contributed by atoms with E-state index in [0.717, 1.165) is 16.9 Å².